The molecule has 2 rings (SSSR count). The van der Waals surface area contributed by atoms with Crippen LogP contribution in [-0.4, -0.2) is 35.1 Å². The predicted molar refractivity (Wildman–Crippen MR) is 95.2 cm³/mol. The first-order valence-electron chi connectivity index (χ1n) is 7.82. The molecule has 4 nitrogen and oxygen atoms in total. The molecule has 1 N–H and O–H groups in total. The Morgan fingerprint density at radius 3 is 2.25 bits per heavy atom. The summed E-state index contributed by atoms with van der Waals surface area (Å²) in [5.74, 6) is 0.373. The minimum Gasteiger partial charge on any atom is -0.481 e. The van der Waals surface area contributed by atoms with Crippen molar-refractivity contribution in [2.75, 3.05) is 7.05 Å². The smallest absolute Gasteiger partial charge is 0.263 e. The Bertz CT molecular complexity index is 660. The van der Waals surface area contributed by atoms with Crippen LogP contribution in [0.4, 0.5) is 0 Å². The van der Waals surface area contributed by atoms with E-state index in [0.717, 1.165) is 5.56 Å². The number of aliphatic hydroxyl groups excluding tert-OH is 1. The molecule has 0 aliphatic heterocycles. The molecule has 0 aliphatic carbocycles. The Labute approximate surface area is 147 Å². The molecule has 0 saturated heterocycles. The molecule has 3 unspecified atom stereocenters. The number of aliphatic hydroxyl groups is 1. The lowest BCUT2D eigenvalue weighted by Crippen LogP contribution is -2.45. The number of hydrogen-bond donors (Lipinski definition) is 1. The third-order valence-electron chi connectivity index (χ3n) is 4.03. The molecule has 0 heterocycles. The van der Waals surface area contributed by atoms with E-state index in [1.165, 1.54) is 4.90 Å². The van der Waals surface area contributed by atoms with Crippen molar-refractivity contribution in [3.63, 3.8) is 0 Å². The summed E-state index contributed by atoms with van der Waals surface area (Å²) in [6.07, 6.45) is -1.43. The second-order valence-electron chi connectivity index (χ2n) is 5.76. The van der Waals surface area contributed by atoms with E-state index in [1.807, 2.05) is 37.3 Å². The van der Waals surface area contributed by atoms with Crippen LogP contribution in [0.5, 0.6) is 5.75 Å². The highest BCUT2D eigenvalue weighted by molar-refractivity contribution is 6.30. The van der Waals surface area contributed by atoms with Crippen LogP contribution in [0.2, 0.25) is 5.02 Å². The molecule has 0 spiro atoms. The van der Waals surface area contributed by atoms with E-state index >= 15 is 0 Å². The summed E-state index contributed by atoms with van der Waals surface area (Å²) in [5.41, 5.74) is 0.774. The number of likely N-dealkylation sites (N-methyl/N-ethyl adjacent to an activating group) is 1. The summed E-state index contributed by atoms with van der Waals surface area (Å²) < 4.78 is 5.66. The van der Waals surface area contributed by atoms with E-state index in [-0.39, 0.29) is 11.9 Å². The molecule has 2 aromatic carbocycles. The second-order valence-corrected chi connectivity index (χ2v) is 6.20. The van der Waals surface area contributed by atoms with Crippen molar-refractivity contribution in [2.24, 2.45) is 0 Å². The van der Waals surface area contributed by atoms with Crippen LogP contribution >= 0.6 is 11.6 Å². The molecule has 3 atom stereocenters. The Hall–Kier alpha value is -2.04. The lowest BCUT2D eigenvalue weighted by atomic mass is 10.0. The van der Waals surface area contributed by atoms with Crippen LogP contribution < -0.4 is 4.74 Å². The van der Waals surface area contributed by atoms with Crippen molar-refractivity contribution in [1.82, 2.24) is 4.90 Å². The van der Waals surface area contributed by atoms with E-state index in [9.17, 15) is 9.90 Å². The van der Waals surface area contributed by atoms with Gasteiger partial charge >= 0.3 is 0 Å². The summed E-state index contributed by atoms with van der Waals surface area (Å²) in [4.78, 5) is 14.1. The Kier molecular flexibility index (Phi) is 6.23. The summed E-state index contributed by atoms with van der Waals surface area (Å²) in [5, 5.41) is 11.1. The number of carbonyl (C=O) groups excluding carboxylic acids is 1. The highest BCUT2D eigenvalue weighted by atomic mass is 35.5. The Morgan fingerprint density at radius 2 is 1.67 bits per heavy atom. The van der Waals surface area contributed by atoms with Crippen LogP contribution in [0.3, 0.4) is 0 Å². The predicted octanol–water partition coefficient (Wildman–Crippen LogP) is 3.69. The molecule has 0 radical (unpaired) electrons. The zero-order valence-electron chi connectivity index (χ0n) is 14.0. The number of amides is 1. The minimum absolute atomic E-state index is 0.201. The first-order chi connectivity index (χ1) is 11.4. The van der Waals surface area contributed by atoms with Crippen LogP contribution in [0, 0.1) is 0 Å². The summed E-state index contributed by atoms with van der Waals surface area (Å²) in [7, 11) is 1.67. The maximum absolute atomic E-state index is 12.6. The fourth-order valence-corrected chi connectivity index (χ4v) is 2.52. The van der Waals surface area contributed by atoms with E-state index in [1.54, 1.807) is 38.2 Å². The van der Waals surface area contributed by atoms with Gasteiger partial charge in [0.05, 0.1) is 12.1 Å². The maximum atomic E-state index is 12.6. The molecule has 24 heavy (non-hydrogen) atoms. The molecule has 0 aliphatic rings. The van der Waals surface area contributed by atoms with Gasteiger partial charge in [0.15, 0.2) is 6.10 Å². The third kappa shape index (κ3) is 4.49. The van der Waals surface area contributed by atoms with Gasteiger partial charge in [-0.15, -0.1) is 0 Å². The zero-order valence-corrected chi connectivity index (χ0v) is 14.8. The van der Waals surface area contributed by atoms with Crippen LogP contribution in [0.15, 0.2) is 54.6 Å². The van der Waals surface area contributed by atoms with E-state index < -0.39 is 12.2 Å². The van der Waals surface area contributed by atoms with Crippen molar-refractivity contribution in [3.8, 4) is 5.75 Å². The van der Waals surface area contributed by atoms with E-state index in [0.29, 0.717) is 10.8 Å². The van der Waals surface area contributed by atoms with Crippen LogP contribution in [0.25, 0.3) is 0 Å². The summed E-state index contributed by atoms with van der Waals surface area (Å²) >= 11 is 5.84. The molecular weight excluding hydrogens is 326 g/mol. The number of ether oxygens (including phenoxy) is 1. The quantitative estimate of drug-likeness (QED) is 0.867. The fraction of sp³-hybridized carbons (Fsp3) is 0.316. The van der Waals surface area contributed by atoms with Gasteiger partial charge in [-0.05, 0) is 43.7 Å². The van der Waals surface area contributed by atoms with Gasteiger partial charge in [0.25, 0.3) is 5.91 Å². The highest BCUT2D eigenvalue weighted by Crippen LogP contribution is 2.22. The number of halogens is 1. The standard InChI is InChI=1S/C19H22ClNO3/c1-13(18(22)15-7-5-4-6-8-15)21(3)19(23)14(2)24-17-11-9-16(20)10-12-17/h4-14,18,22H,1-3H3. The largest absolute Gasteiger partial charge is 0.481 e. The normalized spacial score (nSPS) is 14.5. The Morgan fingerprint density at radius 1 is 1.08 bits per heavy atom. The zero-order chi connectivity index (χ0) is 17.7. The van der Waals surface area contributed by atoms with Gasteiger partial charge < -0.3 is 14.7 Å². The van der Waals surface area contributed by atoms with Gasteiger partial charge in [-0.2, -0.15) is 0 Å². The third-order valence-corrected chi connectivity index (χ3v) is 4.28. The number of benzene rings is 2. The van der Waals surface area contributed by atoms with Gasteiger partial charge in [0, 0.05) is 12.1 Å². The van der Waals surface area contributed by atoms with E-state index in [2.05, 4.69) is 0 Å². The first-order valence-corrected chi connectivity index (χ1v) is 8.20. The number of carbonyl (C=O) groups is 1. The average molecular weight is 348 g/mol. The van der Waals surface area contributed by atoms with Gasteiger partial charge in [-0.3, -0.25) is 4.79 Å². The number of nitrogens with zero attached hydrogens (tertiary/aromatic N) is 1. The molecule has 2 aromatic rings. The second kappa shape index (κ2) is 8.18. The average Bonchev–Trinajstić information content (AvgIpc) is 2.61. The van der Waals surface area contributed by atoms with Gasteiger partial charge in [-0.25, -0.2) is 0 Å². The van der Waals surface area contributed by atoms with Gasteiger partial charge in [-0.1, -0.05) is 41.9 Å². The van der Waals surface area contributed by atoms with Crippen LogP contribution in [-0.2, 0) is 4.79 Å². The maximum Gasteiger partial charge on any atom is 0.263 e. The molecule has 0 bridgehead atoms. The monoisotopic (exact) mass is 347 g/mol. The van der Waals surface area contributed by atoms with Gasteiger partial charge in [0.2, 0.25) is 0 Å². The molecular formula is C19H22ClNO3. The Balaban J connectivity index is 2.00. The summed E-state index contributed by atoms with van der Waals surface area (Å²) in [6.45, 7) is 3.50. The van der Waals surface area contributed by atoms with Crippen molar-refractivity contribution in [2.45, 2.75) is 32.1 Å². The lowest BCUT2D eigenvalue weighted by Gasteiger charge is -2.31. The molecule has 5 heteroatoms. The molecule has 1 amide bonds. The first kappa shape index (κ1) is 18.3. The summed E-state index contributed by atoms with van der Waals surface area (Å²) in [6, 6.07) is 15.8. The lowest BCUT2D eigenvalue weighted by molar-refractivity contribution is -0.140. The number of hydrogen-bond acceptors (Lipinski definition) is 3. The van der Waals surface area contributed by atoms with Gasteiger partial charge in [0.1, 0.15) is 5.75 Å². The minimum atomic E-state index is -0.761. The number of rotatable bonds is 6. The van der Waals surface area contributed by atoms with Crippen molar-refractivity contribution in [3.05, 3.63) is 65.2 Å². The highest BCUT2D eigenvalue weighted by Gasteiger charge is 2.28. The topological polar surface area (TPSA) is 49.8 Å². The van der Waals surface area contributed by atoms with Crippen molar-refractivity contribution in [1.29, 1.82) is 0 Å². The van der Waals surface area contributed by atoms with Crippen LogP contribution in [0.1, 0.15) is 25.5 Å². The molecule has 0 aromatic heterocycles. The molecule has 0 fully saturated rings. The van der Waals surface area contributed by atoms with Crippen molar-refractivity contribution < 1.29 is 14.6 Å². The fourth-order valence-electron chi connectivity index (χ4n) is 2.40. The molecule has 0 saturated carbocycles. The molecule has 128 valence electrons. The SMILES string of the molecule is CC(Oc1ccc(Cl)cc1)C(=O)N(C)C(C)C(O)c1ccccc1. The van der Waals surface area contributed by atoms with Crippen molar-refractivity contribution >= 4 is 17.5 Å². The van der Waals surface area contributed by atoms with E-state index in [4.69, 9.17) is 16.3 Å².